The molecule has 4 heterocycles. The van der Waals surface area contributed by atoms with Crippen LogP contribution in [-0.4, -0.2) is 55.7 Å². The molecule has 5 atom stereocenters. The third-order valence-electron chi connectivity index (χ3n) is 5.20. The van der Waals surface area contributed by atoms with E-state index in [2.05, 4.69) is 22.6 Å². The number of nitrogens with one attached hydrogen (secondary N) is 1. The molecule has 2 aliphatic heterocycles. The van der Waals surface area contributed by atoms with Crippen molar-refractivity contribution < 1.29 is 20.1 Å². The smallest absolute Gasteiger partial charge is 0.106 e. The maximum Gasteiger partial charge on any atom is 0.106 e. The molecule has 2 aliphatic rings. The quantitative estimate of drug-likeness (QED) is 0.593. The highest BCUT2D eigenvalue weighted by Gasteiger charge is 2.48. The maximum atomic E-state index is 10.3. The first-order valence-electron chi connectivity index (χ1n) is 8.97. The van der Waals surface area contributed by atoms with E-state index in [0.29, 0.717) is 10.8 Å². The molecule has 8 nitrogen and oxygen atoms in total. The molecule has 10 heteroatoms. The van der Waals surface area contributed by atoms with Gasteiger partial charge in [0, 0.05) is 22.9 Å². The topological polar surface area (TPSA) is 113 Å². The summed E-state index contributed by atoms with van der Waals surface area (Å²) < 4.78 is 8.38. The summed E-state index contributed by atoms with van der Waals surface area (Å²) in [5.74, 6) is 0. The molecule has 2 aromatic heterocycles. The Labute approximate surface area is 165 Å². The standard InChI is InChI=1S/C17H23ClN4O4S/c1-9-3-17(16-11(2-15(18)27-16)14(25)8-26-17)4-12(19-9)13-6-22(21-20-13)5-10(24)7-23/h2,6,9-10,12,14,19,23-25H,3-5,7-8H2,1H3/t9-,10-,12-,14+,17-/m0/s1. The lowest BCUT2D eigenvalue weighted by Gasteiger charge is -2.46. The van der Waals surface area contributed by atoms with Gasteiger partial charge in [-0.25, -0.2) is 4.68 Å². The molecular formula is C17H23ClN4O4S. The average molecular weight is 415 g/mol. The van der Waals surface area contributed by atoms with E-state index in [-0.39, 0.29) is 31.8 Å². The number of rotatable bonds is 4. The van der Waals surface area contributed by atoms with E-state index in [9.17, 15) is 10.2 Å². The van der Waals surface area contributed by atoms with Crippen LogP contribution in [0.25, 0.3) is 0 Å². The van der Waals surface area contributed by atoms with Crippen molar-refractivity contribution in [1.82, 2.24) is 20.3 Å². The molecule has 0 saturated carbocycles. The molecule has 0 radical (unpaired) electrons. The van der Waals surface area contributed by atoms with Crippen LogP contribution in [0.5, 0.6) is 0 Å². The molecule has 27 heavy (non-hydrogen) atoms. The molecule has 4 N–H and O–H groups in total. The first kappa shape index (κ1) is 19.3. The van der Waals surface area contributed by atoms with Gasteiger partial charge < -0.3 is 25.4 Å². The predicted octanol–water partition coefficient (Wildman–Crippen LogP) is 1.12. The highest BCUT2D eigenvalue weighted by molar-refractivity contribution is 7.16. The molecular weight excluding hydrogens is 392 g/mol. The largest absolute Gasteiger partial charge is 0.394 e. The zero-order valence-corrected chi connectivity index (χ0v) is 16.4. The van der Waals surface area contributed by atoms with E-state index >= 15 is 0 Å². The normalized spacial score (nSPS) is 31.8. The molecule has 0 unspecified atom stereocenters. The monoisotopic (exact) mass is 414 g/mol. The van der Waals surface area contributed by atoms with E-state index in [1.54, 1.807) is 6.20 Å². The van der Waals surface area contributed by atoms with Crippen LogP contribution in [0, 0.1) is 0 Å². The number of aromatic nitrogens is 3. The average Bonchev–Trinajstić information content (AvgIpc) is 3.25. The number of hydrogen-bond acceptors (Lipinski definition) is 8. The second-order valence-corrected chi connectivity index (χ2v) is 9.07. The van der Waals surface area contributed by atoms with E-state index in [1.165, 1.54) is 16.0 Å². The van der Waals surface area contributed by atoms with Gasteiger partial charge in [-0.05, 0) is 19.4 Å². The molecule has 0 aromatic carbocycles. The highest BCUT2D eigenvalue weighted by Crippen LogP contribution is 2.51. The van der Waals surface area contributed by atoms with Crippen LogP contribution in [0.15, 0.2) is 12.3 Å². The minimum atomic E-state index is -0.872. The summed E-state index contributed by atoms with van der Waals surface area (Å²) in [6, 6.07) is 1.92. The molecule has 0 amide bonds. The summed E-state index contributed by atoms with van der Waals surface area (Å²) >= 11 is 7.71. The van der Waals surface area contributed by atoms with Crippen LogP contribution in [0.4, 0.5) is 0 Å². The van der Waals surface area contributed by atoms with Gasteiger partial charge in [-0.3, -0.25) is 0 Å². The van der Waals surface area contributed by atoms with Crippen molar-refractivity contribution in [2.45, 2.75) is 56.2 Å². The molecule has 0 aliphatic carbocycles. The van der Waals surface area contributed by atoms with Crippen molar-refractivity contribution in [1.29, 1.82) is 0 Å². The second kappa shape index (κ2) is 7.40. The Morgan fingerprint density at radius 3 is 3.11 bits per heavy atom. The van der Waals surface area contributed by atoms with E-state index in [0.717, 1.165) is 22.6 Å². The minimum Gasteiger partial charge on any atom is -0.394 e. The number of piperidine rings is 1. The molecule has 1 spiro atoms. The van der Waals surface area contributed by atoms with E-state index < -0.39 is 17.8 Å². The minimum absolute atomic E-state index is 0.0854. The Bertz CT molecular complexity index is 815. The van der Waals surface area contributed by atoms with Gasteiger partial charge in [-0.1, -0.05) is 16.8 Å². The van der Waals surface area contributed by atoms with Crippen LogP contribution in [0.1, 0.15) is 48.0 Å². The van der Waals surface area contributed by atoms with Crippen molar-refractivity contribution in [2.24, 2.45) is 0 Å². The summed E-state index contributed by atoms with van der Waals surface area (Å²) in [4.78, 5) is 0.993. The maximum absolute atomic E-state index is 10.3. The Kier molecular flexibility index (Phi) is 5.28. The molecule has 1 fully saturated rings. The van der Waals surface area contributed by atoms with Crippen molar-refractivity contribution in [3.05, 3.63) is 32.7 Å². The molecule has 1 saturated heterocycles. The number of aliphatic hydroxyl groups is 3. The summed E-state index contributed by atoms with van der Waals surface area (Å²) in [5.41, 5.74) is 1.10. The summed E-state index contributed by atoms with van der Waals surface area (Å²) in [7, 11) is 0. The van der Waals surface area contributed by atoms with Crippen LogP contribution in [-0.2, 0) is 16.9 Å². The fourth-order valence-corrected chi connectivity index (χ4v) is 5.52. The van der Waals surface area contributed by atoms with Crippen LogP contribution in [0.2, 0.25) is 4.34 Å². The van der Waals surface area contributed by atoms with Gasteiger partial charge in [0.05, 0.1) is 48.1 Å². The summed E-state index contributed by atoms with van der Waals surface area (Å²) in [6.07, 6.45) is 1.68. The second-order valence-electron chi connectivity index (χ2n) is 7.39. The van der Waals surface area contributed by atoms with Crippen molar-refractivity contribution >= 4 is 22.9 Å². The first-order valence-corrected chi connectivity index (χ1v) is 10.2. The SMILES string of the molecule is C[C@H]1C[C@@]2(C[C@@H](c3cn(C[C@H](O)CO)nn3)N1)OC[C@@H](O)c1cc(Cl)sc12. The summed E-state index contributed by atoms with van der Waals surface area (Å²) in [5, 5.41) is 40.7. The molecule has 2 aromatic rings. The number of halogens is 1. The van der Waals surface area contributed by atoms with Crippen molar-refractivity contribution in [3.63, 3.8) is 0 Å². The number of hydrogen-bond donors (Lipinski definition) is 4. The van der Waals surface area contributed by atoms with E-state index in [4.69, 9.17) is 21.4 Å². The number of fused-ring (bicyclic) bond motifs is 2. The Balaban J connectivity index is 1.62. The Hall–Kier alpha value is -1.07. The van der Waals surface area contributed by atoms with Crippen LogP contribution in [0.3, 0.4) is 0 Å². The Morgan fingerprint density at radius 1 is 1.52 bits per heavy atom. The molecule has 0 bridgehead atoms. The lowest BCUT2D eigenvalue weighted by Crippen LogP contribution is -2.50. The fraction of sp³-hybridized carbons (Fsp3) is 0.647. The predicted molar refractivity (Wildman–Crippen MR) is 99.6 cm³/mol. The first-order chi connectivity index (χ1) is 12.9. The number of nitrogens with zero attached hydrogens (tertiary/aromatic N) is 3. The van der Waals surface area contributed by atoms with Crippen LogP contribution >= 0.6 is 22.9 Å². The molecule has 4 rings (SSSR count). The fourth-order valence-electron chi connectivity index (χ4n) is 4.07. The van der Waals surface area contributed by atoms with Crippen molar-refractivity contribution in [3.8, 4) is 0 Å². The number of thiophene rings is 1. The third kappa shape index (κ3) is 3.65. The van der Waals surface area contributed by atoms with Gasteiger partial charge in [0.2, 0.25) is 0 Å². The van der Waals surface area contributed by atoms with Crippen molar-refractivity contribution in [2.75, 3.05) is 13.2 Å². The third-order valence-corrected chi connectivity index (χ3v) is 6.66. The zero-order chi connectivity index (χ0) is 19.2. The van der Waals surface area contributed by atoms with Gasteiger partial charge in [-0.15, -0.1) is 16.4 Å². The number of aliphatic hydroxyl groups excluding tert-OH is 3. The molecule has 148 valence electrons. The van der Waals surface area contributed by atoms with Crippen LogP contribution < -0.4 is 5.32 Å². The Morgan fingerprint density at radius 2 is 2.33 bits per heavy atom. The van der Waals surface area contributed by atoms with Gasteiger partial charge in [-0.2, -0.15) is 0 Å². The number of ether oxygens (including phenoxy) is 1. The van der Waals surface area contributed by atoms with E-state index in [1.807, 2.05) is 6.07 Å². The van der Waals surface area contributed by atoms with Gasteiger partial charge in [0.15, 0.2) is 0 Å². The van der Waals surface area contributed by atoms with Gasteiger partial charge in [0.25, 0.3) is 0 Å². The van der Waals surface area contributed by atoms with Gasteiger partial charge in [0.1, 0.15) is 11.7 Å². The van der Waals surface area contributed by atoms with Gasteiger partial charge >= 0.3 is 0 Å². The highest BCUT2D eigenvalue weighted by atomic mass is 35.5. The lowest BCUT2D eigenvalue weighted by molar-refractivity contribution is -0.129. The summed E-state index contributed by atoms with van der Waals surface area (Å²) in [6.45, 7) is 2.20. The lowest BCUT2D eigenvalue weighted by atomic mass is 9.79. The zero-order valence-electron chi connectivity index (χ0n) is 14.9.